The minimum atomic E-state index is 0.317. The van der Waals surface area contributed by atoms with Gasteiger partial charge >= 0.3 is 0 Å². The maximum Gasteiger partial charge on any atom is 0.223 e. The number of hydrogen-bond acceptors (Lipinski definition) is 4. The molecule has 2 aliphatic rings. The van der Waals surface area contributed by atoms with Gasteiger partial charge in [0.25, 0.3) is 0 Å². The summed E-state index contributed by atoms with van der Waals surface area (Å²) in [6.45, 7) is 7.69. The molecule has 1 aromatic carbocycles. The number of carbonyl (C=O) groups excluding carboxylic acids is 1. The van der Waals surface area contributed by atoms with Crippen LogP contribution in [0.4, 0.5) is 5.82 Å². The average molecular weight is 364 g/mol. The zero-order valence-corrected chi connectivity index (χ0v) is 16.3. The van der Waals surface area contributed by atoms with E-state index < -0.39 is 0 Å². The van der Waals surface area contributed by atoms with Crippen molar-refractivity contribution in [2.24, 2.45) is 5.92 Å². The number of nitrogens with zero attached hydrogens (tertiary/aromatic N) is 4. The Morgan fingerprint density at radius 2 is 1.81 bits per heavy atom. The van der Waals surface area contributed by atoms with Crippen LogP contribution in [0.25, 0.3) is 0 Å². The fraction of sp³-hybridized carbons (Fsp3) is 0.500. The quantitative estimate of drug-likeness (QED) is 0.839. The highest BCUT2D eigenvalue weighted by molar-refractivity contribution is 5.76. The van der Waals surface area contributed by atoms with Crippen LogP contribution >= 0.6 is 0 Å². The standard InChI is InChI=1S/C22H28N4O/c1-16-17(2)23-15-24-22(16)25-10-7-18(8-11-25)13-21(27)26-12-9-19-5-3-4-6-20(19)14-26/h3-6,15,18H,7-14H2,1-2H3. The molecule has 0 spiro atoms. The van der Waals surface area contributed by atoms with Crippen LogP contribution in [0.2, 0.25) is 0 Å². The first-order chi connectivity index (χ1) is 13.1. The molecule has 27 heavy (non-hydrogen) atoms. The number of aromatic nitrogens is 2. The lowest BCUT2D eigenvalue weighted by Gasteiger charge is -2.35. The smallest absolute Gasteiger partial charge is 0.223 e. The van der Waals surface area contributed by atoms with E-state index in [1.54, 1.807) is 6.33 Å². The third kappa shape index (κ3) is 3.82. The van der Waals surface area contributed by atoms with Gasteiger partial charge in [-0.2, -0.15) is 0 Å². The van der Waals surface area contributed by atoms with Crippen molar-refractivity contribution < 1.29 is 4.79 Å². The normalized spacial score (nSPS) is 17.7. The highest BCUT2D eigenvalue weighted by Gasteiger charge is 2.27. The molecule has 142 valence electrons. The Morgan fingerprint density at radius 1 is 1.07 bits per heavy atom. The first-order valence-electron chi connectivity index (χ1n) is 9.99. The van der Waals surface area contributed by atoms with Gasteiger partial charge in [0.1, 0.15) is 12.1 Å². The van der Waals surface area contributed by atoms with Crippen molar-refractivity contribution in [2.45, 2.75) is 46.1 Å². The summed E-state index contributed by atoms with van der Waals surface area (Å²) in [4.78, 5) is 26.0. The Kier molecular flexibility index (Phi) is 5.10. The van der Waals surface area contributed by atoms with Gasteiger partial charge in [-0.05, 0) is 50.2 Å². The van der Waals surface area contributed by atoms with E-state index in [9.17, 15) is 4.79 Å². The fourth-order valence-corrected chi connectivity index (χ4v) is 4.28. The second kappa shape index (κ2) is 7.67. The second-order valence-corrected chi connectivity index (χ2v) is 7.88. The molecular formula is C22H28N4O. The van der Waals surface area contributed by atoms with Gasteiger partial charge in [-0.3, -0.25) is 4.79 Å². The van der Waals surface area contributed by atoms with E-state index >= 15 is 0 Å². The fourth-order valence-electron chi connectivity index (χ4n) is 4.28. The van der Waals surface area contributed by atoms with E-state index in [-0.39, 0.29) is 0 Å². The van der Waals surface area contributed by atoms with Crippen molar-refractivity contribution in [1.29, 1.82) is 0 Å². The Morgan fingerprint density at radius 3 is 2.59 bits per heavy atom. The number of piperidine rings is 1. The largest absolute Gasteiger partial charge is 0.356 e. The van der Waals surface area contributed by atoms with Crippen molar-refractivity contribution in [2.75, 3.05) is 24.5 Å². The summed E-state index contributed by atoms with van der Waals surface area (Å²) in [6, 6.07) is 8.49. The number of fused-ring (bicyclic) bond motifs is 1. The van der Waals surface area contributed by atoms with Gasteiger partial charge in [0.15, 0.2) is 0 Å². The van der Waals surface area contributed by atoms with Crippen molar-refractivity contribution in [3.63, 3.8) is 0 Å². The lowest BCUT2D eigenvalue weighted by Crippen LogP contribution is -2.39. The molecule has 1 amide bonds. The lowest BCUT2D eigenvalue weighted by atomic mass is 9.92. The van der Waals surface area contributed by atoms with E-state index in [1.807, 2.05) is 11.8 Å². The molecule has 1 aromatic heterocycles. The Bertz CT molecular complexity index is 827. The summed E-state index contributed by atoms with van der Waals surface area (Å²) in [7, 11) is 0. The van der Waals surface area contributed by atoms with Gasteiger partial charge in [-0.15, -0.1) is 0 Å². The molecule has 0 N–H and O–H groups in total. The molecule has 5 nitrogen and oxygen atoms in total. The predicted octanol–water partition coefficient (Wildman–Crippen LogP) is 3.28. The summed E-state index contributed by atoms with van der Waals surface area (Å²) in [6.07, 6.45) is 5.42. The molecule has 3 heterocycles. The van der Waals surface area contributed by atoms with Crippen LogP contribution in [-0.2, 0) is 17.8 Å². The maximum atomic E-state index is 12.8. The number of aryl methyl sites for hydroxylation is 1. The van der Waals surface area contributed by atoms with Gasteiger partial charge in [0, 0.05) is 43.9 Å². The number of benzene rings is 1. The topological polar surface area (TPSA) is 49.3 Å². The second-order valence-electron chi connectivity index (χ2n) is 7.88. The highest BCUT2D eigenvalue weighted by Crippen LogP contribution is 2.28. The molecule has 0 atom stereocenters. The molecule has 5 heteroatoms. The van der Waals surface area contributed by atoms with Crippen LogP contribution in [0.15, 0.2) is 30.6 Å². The SMILES string of the molecule is Cc1ncnc(N2CCC(CC(=O)N3CCc4ccccc4C3)CC2)c1C. The third-order valence-electron chi connectivity index (χ3n) is 6.17. The van der Waals surface area contributed by atoms with E-state index in [0.29, 0.717) is 18.2 Å². The third-order valence-corrected chi connectivity index (χ3v) is 6.17. The zero-order valence-electron chi connectivity index (χ0n) is 16.3. The van der Waals surface area contributed by atoms with Gasteiger partial charge < -0.3 is 9.80 Å². The van der Waals surface area contributed by atoms with E-state index in [1.165, 1.54) is 16.7 Å². The predicted molar refractivity (Wildman–Crippen MR) is 107 cm³/mol. The molecular weight excluding hydrogens is 336 g/mol. The van der Waals surface area contributed by atoms with E-state index in [2.05, 4.69) is 46.1 Å². The number of amides is 1. The molecule has 0 saturated carbocycles. The molecule has 4 rings (SSSR count). The van der Waals surface area contributed by atoms with Crippen molar-refractivity contribution in [1.82, 2.24) is 14.9 Å². The van der Waals surface area contributed by atoms with Crippen LogP contribution < -0.4 is 4.90 Å². The summed E-state index contributed by atoms with van der Waals surface area (Å²) in [5.74, 6) is 1.85. The summed E-state index contributed by atoms with van der Waals surface area (Å²) in [5, 5.41) is 0. The van der Waals surface area contributed by atoms with Crippen LogP contribution in [0.5, 0.6) is 0 Å². The Balaban J connectivity index is 1.32. The molecule has 0 aliphatic carbocycles. The summed E-state index contributed by atoms with van der Waals surface area (Å²) in [5.41, 5.74) is 4.91. The van der Waals surface area contributed by atoms with Crippen LogP contribution in [0.3, 0.4) is 0 Å². The lowest BCUT2D eigenvalue weighted by molar-refractivity contribution is -0.133. The molecule has 0 bridgehead atoms. The zero-order chi connectivity index (χ0) is 18.8. The van der Waals surface area contributed by atoms with E-state index in [4.69, 9.17) is 0 Å². The molecule has 0 radical (unpaired) electrons. The van der Waals surface area contributed by atoms with Gasteiger partial charge in [-0.1, -0.05) is 24.3 Å². The summed E-state index contributed by atoms with van der Waals surface area (Å²) >= 11 is 0. The van der Waals surface area contributed by atoms with Gasteiger partial charge in [0.2, 0.25) is 5.91 Å². The molecule has 2 aliphatic heterocycles. The molecule has 2 aromatic rings. The van der Waals surface area contributed by atoms with Crippen molar-refractivity contribution >= 4 is 11.7 Å². The first-order valence-corrected chi connectivity index (χ1v) is 9.99. The van der Waals surface area contributed by atoms with Gasteiger partial charge in [-0.25, -0.2) is 9.97 Å². The molecule has 1 saturated heterocycles. The number of anilines is 1. The first kappa shape index (κ1) is 18.0. The summed E-state index contributed by atoms with van der Waals surface area (Å²) < 4.78 is 0. The van der Waals surface area contributed by atoms with Crippen molar-refractivity contribution in [3.8, 4) is 0 Å². The molecule has 0 unspecified atom stereocenters. The highest BCUT2D eigenvalue weighted by atomic mass is 16.2. The monoisotopic (exact) mass is 364 g/mol. The van der Waals surface area contributed by atoms with Crippen LogP contribution in [0.1, 0.15) is 41.6 Å². The minimum absolute atomic E-state index is 0.317. The Hall–Kier alpha value is -2.43. The maximum absolute atomic E-state index is 12.8. The van der Waals surface area contributed by atoms with Crippen LogP contribution in [-0.4, -0.2) is 40.4 Å². The van der Waals surface area contributed by atoms with Gasteiger partial charge in [0.05, 0.1) is 0 Å². The van der Waals surface area contributed by atoms with Crippen molar-refractivity contribution in [3.05, 3.63) is 53.0 Å². The van der Waals surface area contributed by atoms with E-state index in [0.717, 1.165) is 57.0 Å². The average Bonchev–Trinajstić information content (AvgIpc) is 2.70. The van der Waals surface area contributed by atoms with Crippen LogP contribution in [0, 0.1) is 19.8 Å². The number of hydrogen-bond donors (Lipinski definition) is 0. The number of rotatable bonds is 3. The Labute approximate surface area is 161 Å². The minimum Gasteiger partial charge on any atom is -0.356 e. The number of carbonyl (C=O) groups is 1. The molecule has 1 fully saturated rings.